The monoisotopic (exact) mass is 288 g/mol. The molecule has 2 rings (SSSR count). The van der Waals surface area contributed by atoms with Gasteiger partial charge in [0.1, 0.15) is 0 Å². The number of nitrogens with zero attached hydrogens (tertiary/aromatic N) is 1. The zero-order valence-electron chi connectivity index (χ0n) is 14.0. The van der Waals surface area contributed by atoms with Crippen LogP contribution in [0.1, 0.15) is 46.8 Å². The van der Waals surface area contributed by atoms with Crippen LogP contribution in [-0.2, 0) is 0 Å². The van der Waals surface area contributed by atoms with Gasteiger partial charge < -0.3 is 10.2 Å². The maximum absolute atomic E-state index is 12.9. The predicted molar refractivity (Wildman–Crippen MR) is 87.8 cm³/mol. The molecule has 2 unspecified atom stereocenters. The standard InChI is InChI=1S/C18H28N2O/c1-6-15-11-20(8-7-16(15)19-5)18(21)17-13(3)9-12(2)10-14(17)4/h9-10,15-16,19H,6-8,11H2,1-5H3. The van der Waals surface area contributed by atoms with Crippen molar-refractivity contribution in [2.75, 3.05) is 20.1 Å². The highest BCUT2D eigenvalue weighted by atomic mass is 16.2. The molecule has 1 aliphatic heterocycles. The van der Waals surface area contributed by atoms with E-state index in [1.807, 2.05) is 25.8 Å². The van der Waals surface area contributed by atoms with E-state index in [0.717, 1.165) is 42.6 Å². The third kappa shape index (κ3) is 3.29. The van der Waals surface area contributed by atoms with E-state index in [9.17, 15) is 4.79 Å². The zero-order valence-corrected chi connectivity index (χ0v) is 14.0. The van der Waals surface area contributed by atoms with Crippen molar-refractivity contribution in [1.82, 2.24) is 10.2 Å². The third-order valence-electron chi connectivity index (χ3n) is 4.81. The van der Waals surface area contributed by atoms with Crippen molar-refractivity contribution in [2.45, 2.75) is 46.6 Å². The number of hydrogen-bond acceptors (Lipinski definition) is 2. The lowest BCUT2D eigenvalue weighted by Gasteiger charge is -2.38. The Morgan fingerprint density at radius 2 is 1.90 bits per heavy atom. The molecule has 0 aromatic heterocycles. The molecule has 1 aromatic rings. The van der Waals surface area contributed by atoms with Crippen molar-refractivity contribution < 1.29 is 4.79 Å². The number of benzene rings is 1. The van der Waals surface area contributed by atoms with Gasteiger partial charge in [0, 0.05) is 24.7 Å². The van der Waals surface area contributed by atoms with Crippen LogP contribution in [0.15, 0.2) is 12.1 Å². The second-order valence-corrected chi connectivity index (χ2v) is 6.38. The predicted octanol–water partition coefficient (Wildman–Crippen LogP) is 3.07. The smallest absolute Gasteiger partial charge is 0.254 e. The molecule has 1 N–H and O–H groups in total. The minimum absolute atomic E-state index is 0.206. The quantitative estimate of drug-likeness (QED) is 0.927. The van der Waals surface area contributed by atoms with Crippen LogP contribution in [0, 0.1) is 26.7 Å². The Balaban J connectivity index is 2.21. The Labute approximate surface area is 128 Å². The van der Waals surface area contributed by atoms with Crippen molar-refractivity contribution in [1.29, 1.82) is 0 Å². The highest BCUT2D eigenvalue weighted by Crippen LogP contribution is 2.24. The molecule has 3 heteroatoms. The first-order valence-electron chi connectivity index (χ1n) is 8.02. The van der Waals surface area contributed by atoms with E-state index in [-0.39, 0.29) is 5.91 Å². The van der Waals surface area contributed by atoms with E-state index in [1.165, 1.54) is 5.56 Å². The SMILES string of the molecule is CCC1CN(C(=O)c2c(C)cc(C)cc2C)CCC1NC. The summed E-state index contributed by atoms with van der Waals surface area (Å²) in [5.41, 5.74) is 4.32. The maximum atomic E-state index is 12.9. The summed E-state index contributed by atoms with van der Waals surface area (Å²) in [6.07, 6.45) is 2.16. The van der Waals surface area contributed by atoms with Gasteiger partial charge >= 0.3 is 0 Å². The molecule has 1 fully saturated rings. The van der Waals surface area contributed by atoms with Crippen LogP contribution in [0.5, 0.6) is 0 Å². The van der Waals surface area contributed by atoms with E-state index in [2.05, 4.69) is 31.3 Å². The van der Waals surface area contributed by atoms with E-state index < -0.39 is 0 Å². The molecule has 0 bridgehead atoms. The van der Waals surface area contributed by atoms with Gasteiger partial charge in [-0.25, -0.2) is 0 Å². The van der Waals surface area contributed by atoms with E-state index >= 15 is 0 Å². The number of aryl methyl sites for hydroxylation is 3. The Morgan fingerprint density at radius 3 is 2.43 bits per heavy atom. The minimum Gasteiger partial charge on any atom is -0.338 e. The van der Waals surface area contributed by atoms with Gasteiger partial charge in [0.25, 0.3) is 5.91 Å². The third-order valence-corrected chi connectivity index (χ3v) is 4.81. The summed E-state index contributed by atoms with van der Waals surface area (Å²) >= 11 is 0. The number of likely N-dealkylation sites (tertiary alicyclic amines) is 1. The number of rotatable bonds is 3. The molecule has 1 amide bonds. The molecular weight excluding hydrogens is 260 g/mol. The normalized spacial score (nSPS) is 22.4. The van der Waals surface area contributed by atoms with Crippen LogP contribution < -0.4 is 5.32 Å². The number of piperidine rings is 1. The second kappa shape index (κ2) is 6.61. The van der Waals surface area contributed by atoms with Gasteiger partial charge in [0.05, 0.1) is 0 Å². The molecule has 1 heterocycles. The lowest BCUT2D eigenvalue weighted by Crippen LogP contribution is -2.50. The van der Waals surface area contributed by atoms with Crippen LogP contribution in [0.2, 0.25) is 0 Å². The number of hydrogen-bond donors (Lipinski definition) is 1. The summed E-state index contributed by atoms with van der Waals surface area (Å²) in [5.74, 6) is 0.761. The van der Waals surface area contributed by atoms with E-state index in [4.69, 9.17) is 0 Å². The Kier molecular flexibility index (Phi) is 5.04. The van der Waals surface area contributed by atoms with Gasteiger partial charge in [-0.2, -0.15) is 0 Å². The van der Waals surface area contributed by atoms with Crippen molar-refractivity contribution in [2.24, 2.45) is 5.92 Å². The van der Waals surface area contributed by atoms with Crippen LogP contribution >= 0.6 is 0 Å². The molecule has 0 aliphatic carbocycles. The maximum Gasteiger partial charge on any atom is 0.254 e. The lowest BCUT2D eigenvalue weighted by molar-refractivity contribution is 0.0630. The highest BCUT2D eigenvalue weighted by Gasteiger charge is 2.30. The fourth-order valence-corrected chi connectivity index (χ4v) is 3.69. The average Bonchev–Trinajstić information content (AvgIpc) is 2.45. The first kappa shape index (κ1) is 16.0. The summed E-state index contributed by atoms with van der Waals surface area (Å²) < 4.78 is 0. The van der Waals surface area contributed by atoms with E-state index in [0.29, 0.717) is 12.0 Å². The largest absolute Gasteiger partial charge is 0.338 e. The van der Waals surface area contributed by atoms with Crippen LogP contribution in [0.25, 0.3) is 0 Å². The molecule has 1 aromatic carbocycles. The molecule has 0 spiro atoms. The Hall–Kier alpha value is -1.35. The van der Waals surface area contributed by atoms with Gasteiger partial charge in [0.2, 0.25) is 0 Å². The summed E-state index contributed by atoms with van der Waals surface area (Å²) in [5, 5.41) is 3.40. The molecule has 3 nitrogen and oxygen atoms in total. The van der Waals surface area contributed by atoms with Crippen molar-refractivity contribution in [3.63, 3.8) is 0 Å². The zero-order chi connectivity index (χ0) is 15.6. The molecule has 21 heavy (non-hydrogen) atoms. The molecule has 0 saturated carbocycles. The summed E-state index contributed by atoms with van der Waals surface area (Å²) in [4.78, 5) is 15.0. The van der Waals surface area contributed by atoms with Crippen molar-refractivity contribution >= 4 is 5.91 Å². The number of amides is 1. The minimum atomic E-state index is 0.206. The molecule has 116 valence electrons. The van der Waals surface area contributed by atoms with Gasteiger partial charge in [0.15, 0.2) is 0 Å². The van der Waals surface area contributed by atoms with Gasteiger partial charge in [-0.1, -0.05) is 31.0 Å². The fraction of sp³-hybridized carbons (Fsp3) is 0.611. The Morgan fingerprint density at radius 1 is 1.29 bits per heavy atom. The Bertz CT molecular complexity index is 501. The summed E-state index contributed by atoms with van der Waals surface area (Å²) in [6, 6.07) is 4.76. The number of nitrogens with one attached hydrogen (secondary N) is 1. The van der Waals surface area contributed by atoms with Gasteiger partial charge in [-0.05, 0) is 51.3 Å². The second-order valence-electron chi connectivity index (χ2n) is 6.38. The van der Waals surface area contributed by atoms with Gasteiger partial charge in [-0.3, -0.25) is 4.79 Å². The van der Waals surface area contributed by atoms with Gasteiger partial charge in [-0.15, -0.1) is 0 Å². The van der Waals surface area contributed by atoms with Crippen LogP contribution in [0.3, 0.4) is 0 Å². The van der Waals surface area contributed by atoms with Crippen molar-refractivity contribution in [3.8, 4) is 0 Å². The highest BCUT2D eigenvalue weighted by molar-refractivity contribution is 5.97. The topological polar surface area (TPSA) is 32.3 Å². The van der Waals surface area contributed by atoms with Crippen LogP contribution in [-0.4, -0.2) is 37.0 Å². The molecule has 0 radical (unpaired) electrons. The lowest BCUT2D eigenvalue weighted by atomic mass is 9.89. The average molecular weight is 288 g/mol. The molecule has 1 aliphatic rings. The first-order chi connectivity index (χ1) is 9.97. The first-order valence-corrected chi connectivity index (χ1v) is 8.02. The summed E-state index contributed by atoms with van der Waals surface area (Å²) in [7, 11) is 2.03. The number of carbonyl (C=O) groups is 1. The molecule has 1 saturated heterocycles. The summed E-state index contributed by atoms with van der Waals surface area (Å²) in [6.45, 7) is 10.1. The molecule has 2 atom stereocenters. The van der Waals surface area contributed by atoms with E-state index in [1.54, 1.807) is 0 Å². The van der Waals surface area contributed by atoms with Crippen molar-refractivity contribution in [3.05, 3.63) is 34.4 Å². The van der Waals surface area contributed by atoms with Crippen LogP contribution in [0.4, 0.5) is 0 Å². The number of carbonyl (C=O) groups excluding carboxylic acids is 1. The molecular formula is C18H28N2O. The fourth-order valence-electron chi connectivity index (χ4n) is 3.69.